The van der Waals surface area contributed by atoms with E-state index >= 15 is 0 Å². The molecule has 0 aromatic heterocycles. The highest BCUT2D eigenvalue weighted by Gasteiger charge is 2.17. The number of rotatable bonds is 4. The molecule has 136 valence electrons. The maximum absolute atomic E-state index is 12.5. The predicted molar refractivity (Wildman–Crippen MR) is 107 cm³/mol. The van der Waals surface area contributed by atoms with Crippen molar-refractivity contribution in [2.45, 2.75) is 6.92 Å². The highest BCUT2D eigenvalue weighted by Crippen LogP contribution is 2.28. The van der Waals surface area contributed by atoms with Crippen molar-refractivity contribution in [3.63, 3.8) is 0 Å². The summed E-state index contributed by atoms with van der Waals surface area (Å²) in [6.07, 6.45) is 0. The molecule has 7 nitrogen and oxygen atoms in total. The smallest absolute Gasteiger partial charge is 0.271 e. The minimum Gasteiger partial charge on any atom is -0.496 e. The van der Waals surface area contributed by atoms with E-state index in [4.69, 9.17) is 28.6 Å². The summed E-state index contributed by atoms with van der Waals surface area (Å²) in [5.74, 6) is -0.0383. The molecule has 2 rings (SSSR count). The number of nitrogens with zero attached hydrogens (tertiary/aromatic N) is 1. The summed E-state index contributed by atoms with van der Waals surface area (Å²) < 4.78 is 6.00. The molecule has 1 amide bonds. The standard InChI is InChI=1S/C16H13BrClN3O4S/c1-8-5-9(17)6-11(14(8)25-2)15(22)20-16(26)19-13-4-3-10(21(23)24)7-12(13)18/h3-7H,1-2H3,(H2,19,20,22,26). The third-order valence-electron chi connectivity index (χ3n) is 3.33. The normalized spacial score (nSPS) is 10.2. The van der Waals surface area contributed by atoms with Crippen LogP contribution in [0.4, 0.5) is 11.4 Å². The average molecular weight is 459 g/mol. The molecular formula is C16H13BrClN3O4S. The van der Waals surface area contributed by atoms with Crippen molar-refractivity contribution in [1.82, 2.24) is 5.32 Å². The first-order valence-corrected chi connectivity index (χ1v) is 8.71. The third kappa shape index (κ3) is 4.69. The quantitative estimate of drug-likeness (QED) is 0.399. The molecule has 0 spiro atoms. The Kier molecular flexibility index (Phi) is 6.52. The van der Waals surface area contributed by atoms with Crippen LogP contribution in [0.2, 0.25) is 5.02 Å². The number of halogens is 2. The van der Waals surface area contributed by atoms with Gasteiger partial charge in [-0.05, 0) is 42.9 Å². The lowest BCUT2D eigenvalue weighted by Gasteiger charge is -2.14. The van der Waals surface area contributed by atoms with E-state index < -0.39 is 10.8 Å². The van der Waals surface area contributed by atoms with Crippen molar-refractivity contribution in [1.29, 1.82) is 0 Å². The van der Waals surface area contributed by atoms with Crippen LogP contribution in [0.3, 0.4) is 0 Å². The summed E-state index contributed by atoms with van der Waals surface area (Å²) in [4.78, 5) is 22.7. The van der Waals surface area contributed by atoms with E-state index in [1.165, 1.54) is 25.3 Å². The summed E-state index contributed by atoms with van der Waals surface area (Å²) in [7, 11) is 1.47. The van der Waals surface area contributed by atoms with Crippen molar-refractivity contribution < 1.29 is 14.5 Å². The summed E-state index contributed by atoms with van der Waals surface area (Å²) in [5.41, 5.74) is 1.27. The van der Waals surface area contributed by atoms with Gasteiger partial charge in [0.05, 0.1) is 28.3 Å². The molecule has 0 aliphatic rings. The van der Waals surface area contributed by atoms with Gasteiger partial charge < -0.3 is 10.1 Å². The summed E-state index contributed by atoms with van der Waals surface area (Å²) in [5, 5.41) is 16.1. The van der Waals surface area contributed by atoms with Gasteiger partial charge in [-0.3, -0.25) is 20.2 Å². The van der Waals surface area contributed by atoms with Crippen LogP contribution >= 0.6 is 39.7 Å². The number of carbonyl (C=O) groups excluding carboxylic acids is 1. The molecule has 0 aliphatic carbocycles. The number of amides is 1. The second kappa shape index (κ2) is 8.43. The number of ether oxygens (including phenoxy) is 1. The molecule has 2 aromatic carbocycles. The lowest BCUT2D eigenvalue weighted by atomic mass is 10.1. The molecule has 0 radical (unpaired) electrons. The number of aryl methyl sites for hydroxylation is 1. The van der Waals surface area contributed by atoms with Crippen LogP contribution in [-0.4, -0.2) is 23.1 Å². The van der Waals surface area contributed by atoms with Gasteiger partial charge in [0, 0.05) is 16.6 Å². The summed E-state index contributed by atoms with van der Waals surface area (Å²) in [6.45, 7) is 1.81. The zero-order chi connectivity index (χ0) is 19.4. The van der Waals surface area contributed by atoms with Crippen molar-refractivity contribution in [2.24, 2.45) is 0 Å². The Morgan fingerprint density at radius 2 is 2.04 bits per heavy atom. The number of non-ortho nitro benzene ring substituents is 1. The first-order chi connectivity index (χ1) is 12.2. The number of nitro groups is 1. The number of hydrogen-bond acceptors (Lipinski definition) is 5. The molecule has 0 atom stereocenters. The van der Waals surface area contributed by atoms with Gasteiger partial charge in [0.1, 0.15) is 5.75 Å². The van der Waals surface area contributed by atoms with Crippen LogP contribution in [0.15, 0.2) is 34.8 Å². The predicted octanol–water partition coefficient (Wildman–Crippen LogP) is 4.45. The second-order valence-electron chi connectivity index (χ2n) is 5.13. The van der Waals surface area contributed by atoms with Crippen LogP contribution in [0.5, 0.6) is 5.75 Å². The zero-order valence-corrected chi connectivity index (χ0v) is 16.8. The van der Waals surface area contributed by atoms with Gasteiger partial charge in [-0.15, -0.1) is 0 Å². The van der Waals surface area contributed by atoms with Gasteiger partial charge >= 0.3 is 0 Å². The second-order valence-corrected chi connectivity index (χ2v) is 6.86. The fourth-order valence-corrected chi connectivity index (χ4v) is 3.21. The summed E-state index contributed by atoms with van der Waals surface area (Å²) >= 11 is 14.4. The van der Waals surface area contributed by atoms with E-state index in [0.717, 1.165) is 10.0 Å². The SMILES string of the molecule is COc1c(C)cc(Br)cc1C(=O)NC(=S)Nc1ccc([N+](=O)[O-])cc1Cl. The molecule has 0 heterocycles. The molecule has 0 bridgehead atoms. The molecule has 2 N–H and O–H groups in total. The topological polar surface area (TPSA) is 93.5 Å². The van der Waals surface area contributed by atoms with E-state index in [-0.39, 0.29) is 15.8 Å². The number of carbonyl (C=O) groups is 1. The van der Waals surface area contributed by atoms with E-state index in [0.29, 0.717) is 17.0 Å². The summed E-state index contributed by atoms with van der Waals surface area (Å²) in [6, 6.07) is 7.31. The highest BCUT2D eigenvalue weighted by molar-refractivity contribution is 9.10. The van der Waals surface area contributed by atoms with Crippen molar-refractivity contribution in [3.8, 4) is 5.75 Å². The number of benzene rings is 2. The van der Waals surface area contributed by atoms with E-state index in [2.05, 4.69) is 26.6 Å². The molecular weight excluding hydrogens is 446 g/mol. The molecule has 0 saturated carbocycles. The minimum absolute atomic E-state index is 0.00886. The van der Waals surface area contributed by atoms with E-state index in [9.17, 15) is 14.9 Å². The van der Waals surface area contributed by atoms with E-state index in [1.54, 1.807) is 6.07 Å². The number of thiocarbonyl (C=S) groups is 1. The average Bonchev–Trinajstić information content (AvgIpc) is 2.55. The number of nitro benzene ring substituents is 1. The fourth-order valence-electron chi connectivity index (χ4n) is 2.21. The Morgan fingerprint density at radius 1 is 1.35 bits per heavy atom. The maximum Gasteiger partial charge on any atom is 0.271 e. The van der Waals surface area contributed by atoms with Gasteiger partial charge in [0.25, 0.3) is 11.6 Å². The van der Waals surface area contributed by atoms with Gasteiger partial charge in [-0.2, -0.15) is 0 Å². The molecule has 2 aromatic rings. The van der Waals surface area contributed by atoms with E-state index in [1.807, 2.05) is 13.0 Å². The van der Waals surface area contributed by atoms with Crippen LogP contribution in [0.1, 0.15) is 15.9 Å². The Balaban J connectivity index is 2.16. The van der Waals surface area contributed by atoms with Crippen molar-refractivity contribution in [2.75, 3.05) is 12.4 Å². The largest absolute Gasteiger partial charge is 0.496 e. The number of nitrogens with one attached hydrogen (secondary N) is 2. The lowest BCUT2D eigenvalue weighted by molar-refractivity contribution is -0.384. The van der Waals surface area contributed by atoms with Crippen LogP contribution < -0.4 is 15.4 Å². The first kappa shape index (κ1) is 20.1. The van der Waals surface area contributed by atoms with Gasteiger partial charge in [-0.1, -0.05) is 27.5 Å². The number of hydrogen-bond donors (Lipinski definition) is 2. The minimum atomic E-state index is -0.558. The van der Waals surface area contributed by atoms with Gasteiger partial charge in [0.15, 0.2) is 5.11 Å². The maximum atomic E-state index is 12.5. The first-order valence-electron chi connectivity index (χ1n) is 7.13. The zero-order valence-electron chi connectivity index (χ0n) is 13.6. The Hall–Kier alpha value is -2.23. The molecule has 10 heteroatoms. The fraction of sp³-hybridized carbons (Fsp3) is 0.125. The molecule has 0 fully saturated rings. The highest BCUT2D eigenvalue weighted by atomic mass is 79.9. The van der Waals surface area contributed by atoms with Crippen molar-refractivity contribution >= 4 is 62.1 Å². The molecule has 0 saturated heterocycles. The van der Waals surface area contributed by atoms with Crippen molar-refractivity contribution in [3.05, 3.63) is 61.1 Å². The molecule has 26 heavy (non-hydrogen) atoms. The Bertz CT molecular complexity index is 907. The third-order valence-corrected chi connectivity index (χ3v) is 4.30. The number of methoxy groups -OCH3 is 1. The Morgan fingerprint density at radius 3 is 2.62 bits per heavy atom. The number of anilines is 1. The van der Waals surface area contributed by atoms with Gasteiger partial charge in [-0.25, -0.2) is 0 Å². The molecule has 0 aliphatic heterocycles. The van der Waals surface area contributed by atoms with Crippen LogP contribution in [-0.2, 0) is 0 Å². The van der Waals surface area contributed by atoms with Crippen LogP contribution in [0.25, 0.3) is 0 Å². The monoisotopic (exact) mass is 457 g/mol. The molecule has 0 unspecified atom stereocenters. The van der Waals surface area contributed by atoms with Gasteiger partial charge in [0.2, 0.25) is 0 Å². The van der Waals surface area contributed by atoms with Crippen LogP contribution in [0, 0.1) is 17.0 Å². The Labute approximate surface area is 168 Å². The lowest BCUT2D eigenvalue weighted by Crippen LogP contribution is -2.34.